The normalized spacial score (nSPS) is 11.1. The van der Waals surface area contributed by atoms with Gasteiger partial charge in [0.1, 0.15) is 6.61 Å². The number of carbonyl (C=O) groups excluding carboxylic acids is 1. The molecule has 0 spiro atoms. The van der Waals surface area contributed by atoms with Crippen LogP contribution in [-0.4, -0.2) is 26.7 Å². The first kappa shape index (κ1) is 13.0. The van der Waals surface area contributed by atoms with Crippen molar-refractivity contribution in [3.05, 3.63) is 29.3 Å². The third-order valence-corrected chi connectivity index (χ3v) is 3.78. The summed E-state index contributed by atoms with van der Waals surface area (Å²) in [6.45, 7) is 1.09. The van der Waals surface area contributed by atoms with Crippen LogP contribution in [0.1, 0.15) is 6.92 Å². The lowest BCUT2D eigenvalue weighted by molar-refractivity contribution is -0.140. The highest BCUT2D eigenvalue weighted by Gasteiger charge is 2.14. The van der Waals surface area contributed by atoms with Gasteiger partial charge in [-0.1, -0.05) is 11.6 Å². The van der Waals surface area contributed by atoms with Gasteiger partial charge in [-0.2, -0.15) is 0 Å². The van der Waals surface area contributed by atoms with Crippen LogP contribution in [0.3, 0.4) is 0 Å². The van der Waals surface area contributed by atoms with E-state index in [1.54, 1.807) is 0 Å². The number of esters is 1. The van der Waals surface area contributed by atoms with Crippen molar-refractivity contribution in [3.8, 4) is 0 Å². The van der Waals surface area contributed by atoms with Gasteiger partial charge in [-0.25, -0.2) is 8.42 Å². The maximum atomic E-state index is 11.7. The lowest BCUT2D eigenvalue weighted by atomic mass is 10.4. The number of rotatable bonds is 4. The molecule has 1 aromatic carbocycles. The molecule has 0 saturated carbocycles. The first-order chi connectivity index (χ1) is 7.42. The standard InChI is InChI=1S/C10H11ClO4S/c1-8(12)15-6-7-16(13,14)10-4-2-9(11)3-5-10/h2-5H,6-7H2,1H3. The van der Waals surface area contributed by atoms with Crippen molar-refractivity contribution in [2.45, 2.75) is 11.8 Å². The molecule has 0 aromatic heterocycles. The molecule has 0 unspecified atom stereocenters. The van der Waals surface area contributed by atoms with Gasteiger partial charge in [-0.05, 0) is 24.3 Å². The molecule has 0 aliphatic heterocycles. The maximum absolute atomic E-state index is 11.7. The number of hydrogen-bond donors (Lipinski definition) is 0. The summed E-state index contributed by atoms with van der Waals surface area (Å²) in [6, 6.07) is 5.84. The van der Waals surface area contributed by atoms with Crippen molar-refractivity contribution < 1.29 is 17.9 Å². The maximum Gasteiger partial charge on any atom is 0.302 e. The van der Waals surface area contributed by atoms with Gasteiger partial charge in [0.2, 0.25) is 0 Å². The zero-order valence-corrected chi connectivity index (χ0v) is 10.2. The van der Waals surface area contributed by atoms with Gasteiger partial charge >= 0.3 is 5.97 Å². The Labute approximate surface area is 99.1 Å². The van der Waals surface area contributed by atoms with Crippen molar-refractivity contribution in [1.29, 1.82) is 0 Å². The molecule has 4 nitrogen and oxygen atoms in total. The van der Waals surface area contributed by atoms with E-state index in [4.69, 9.17) is 11.6 Å². The zero-order valence-electron chi connectivity index (χ0n) is 8.64. The quantitative estimate of drug-likeness (QED) is 0.775. The largest absolute Gasteiger partial charge is 0.465 e. The molecular formula is C10H11ClO4S. The molecule has 1 aromatic rings. The monoisotopic (exact) mass is 262 g/mol. The molecule has 1 rings (SSSR count). The van der Waals surface area contributed by atoms with E-state index in [-0.39, 0.29) is 17.3 Å². The molecular weight excluding hydrogens is 252 g/mol. The topological polar surface area (TPSA) is 60.4 Å². The van der Waals surface area contributed by atoms with Crippen LogP contribution in [0.25, 0.3) is 0 Å². The minimum absolute atomic E-state index is 0.139. The summed E-state index contributed by atoms with van der Waals surface area (Å²) in [5.74, 6) is -0.722. The first-order valence-electron chi connectivity index (χ1n) is 4.53. The van der Waals surface area contributed by atoms with Gasteiger partial charge in [-0.15, -0.1) is 0 Å². The van der Waals surface area contributed by atoms with Gasteiger partial charge < -0.3 is 4.74 Å². The van der Waals surface area contributed by atoms with Crippen LogP contribution in [0.4, 0.5) is 0 Å². The second-order valence-electron chi connectivity index (χ2n) is 3.11. The Balaban J connectivity index is 2.71. The van der Waals surface area contributed by atoms with Crippen molar-refractivity contribution in [2.75, 3.05) is 12.4 Å². The van der Waals surface area contributed by atoms with Crippen LogP contribution >= 0.6 is 11.6 Å². The summed E-state index contributed by atoms with van der Waals surface area (Å²) in [5.41, 5.74) is 0. The predicted octanol–water partition coefficient (Wildman–Crippen LogP) is 1.68. The Kier molecular flexibility index (Phi) is 4.32. The van der Waals surface area contributed by atoms with Crippen LogP contribution in [0.15, 0.2) is 29.2 Å². The van der Waals surface area contributed by atoms with Crippen molar-refractivity contribution >= 4 is 27.4 Å². The van der Waals surface area contributed by atoms with Crippen LogP contribution in [0.2, 0.25) is 5.02 Å². The number of hydrogen-bond acceptors (Lipinski definition) is 4. The Hall–Kier alpha value is -1.07. The number of sulfone groups is 1. The fourth-order valence-electron chi connectivity index (χ4n) is 1.05. The Bertz CT molecular complexity index is 464. The highest BCUT2D eigenvalue weighted by Crippen LogP contribution is 2.15. The van der Waals surface area contributed by atoms with E-state index in [0.29, 0.717) is 5.02 Å². The molecule has 0 amide bonds. The fourth-order valence-corrected chi connectivity index (χ4v) is 2.27. The molecule has 0 fully saturated rings. The van der Waals surface area contributed by atoms with E-state index in [0.717, 1.165) is 0 Å². The van der Waals surface area contributed by atoms with Crippen molar-refractivity contribution in [1.82, 2.24) is 0 Å². The third-order valence-electron chi connectivity index (χ3n) is 1.83. The van der Waals surface area contributed by atoms with Crippen LogP contribution in [-0.2, 0) is 19.4 Å². The molecule has 16 heavy (non-hydrogen) atoms. The van der Waals surface area contributed by atoms with E-state index in [1.807, 2.05) is 0 Å². The van der Waals surface area contributed by atoms with E-state index in [9.17, 15) is 13.2 Å². The molecule has 6 heteroatoms. The molecule has 0 aliphatic carbocycles. The SMILES string of the molecule is CC(=O)OCCS(=O)(=O)c1ccc(Cl)cc1. The zero-order chi connectivity index (χ0) is 12.2. The number of halogens is 1. The third kappa shape index (κ3) is 3.83. The van der Waals surface area contributed by atoms with Crippen molar-refractivity contribution in [3.63, 3.8) is 0 Å². The second kappa shape index (κ2) is 5.32. The Morgan fingerprint density at radius 3 is 2.38 bits per heavy atom. The van der Waals surface area contributed by atoms with Gasteiger partial charge in [0, 0.05) is 11.9 Å². The number of carbonyl (C=O) groups is 1. The van der Waals surface area contributed by atoms with Crippen LogP contribution in [0.5, 0.6) is 0 Å². The molecule has 0 saturated heterocycles. The fraction of sp³-hybridized carbons (Fsp3) is 0.300. The molecule has 0 bridgehead atoms. The average molecular weight is 263 g/mol. The molecule has 0 N–H and O–H groups in total. The molecule has 0 atom stereocenters. The van der Waals surface area contributed by atoms with E-state index in [1.165, 1.54) is 31.2 Å². The molecule has 0 radical (unpaired) electrons. The lowest BCUT2D eigenvalue weighted by Gasteiger charge is -2.04. The molecule has 88 valence electrons. The van der Waals surface area contributed by atoms with E-state index < -0.39 is 15.8 Å². The van der Waals surface area contributed by atoms with E-state index in [2.05, 4.69) is 4.74 Å². The average Bonchev–Trinajstić information content (AvgIpc) is 2.17. The van der Waals surface area contributed by atoms with Crippen LogP contribution < -0.4 is 0 Å². The Morgan fingerprint density at radius 2 is 1.88 bits per heavy atom. The van der Waals surface area contributed by atoms with Gasteiger partial charge in [0.15, 0.2) is 9.84 Å². The lowest BCUT2D eigenvalue weighted by Crippen LogP contribution is -2.14. The molecule has 0 aliphatic rings. The summed E-state index contributed by atoms with van der Waals surface area (Å²) in [6.07, 6.45) is 0. The minimum Gasteiger partial charge on any atom is -0.465 e. The van der Waals surface area contributed by atoms with Crippen molar-refractivity contribution in [2.24, 2.45) is 0 Å². The highest BCUT2D eigenvalue weighted by atomic mass is 35.5. The summed E-state index contributed by atoms with van der Waals surface area (Å²) in [4.78, 5) is 10.6. The number of benzene rings is 1. The van der Waals surface area contributed by atoms with Gasteiger partial charge in [0.05, 0.1) is 10.6 Å². The summed E-state index contributed by atoms with van der Waals surface area (Å²) in [7, 11) is -3.41. The highest BCUT2D eigenvalue weighted by molar-refractivity contribution is 7.91. The summed E-state index contributed by atoms with van der Waals surface area (Å²) in [5, 5.41) is 0.471. The predicted molar refractivity (Wildman–Crippen MR) is 60.1 cm³/mol. The first-order valence-corrected chi connectivity index (χ1v) is 6.56. The van der Waals surface area contributed by atoms with E-state index >= 15 is 0 Å². The summed E-state index contributed by atoms with van der Waals surface area (Å²) >= 11 is 5.64. The minimum atomic E-state index is -3.41. The summed E-state index contributed by atoms with van der Waals surface area (Å²) < 4.78 is 28.0. The van der Waals surface area contributed by atoms with Crippen LogP contribution in [0, 0.1) is 0 Å². The molecule has 0 heterocycles. The smallest absolute Gasteiger partial charge is 0.302 e. The van der Waals surface area contributed by atoms with Gasteiger partial charge in [0.25, 0.3) is 0 Å². The second-order valence-corrected chi connectivity index (χ2v) is 5.66. The Morgan fingerprint density at radius 1 is 1.31 bits per heavy atom. The number of ether oxygens (including phenoxy) is 1. The van der Waals surface area contributed by atoms with Gasteiger partial charge in [-0.3, -0.25) is 4.79 Å².